The van der Waals surface area contributed by atoms with Crippen LogP contribution < -0.4 is 4.74 Å². The Morgan fingerprint density at radius 2 is 1.97 bits per heavy atom. The maximum absolute atomic E-state index is 10.8. The van der Waals surface area contributed by atoms with Gasteiger partial charge in [0.2, 0.25) is 5.88 Å². The molecule has 1 unspecified atom stereocenters. The Labute approximate surface area is 189 Å². The molecule has 0 spiro atoms. The molecule has 2 aromatic carbocycles. The molecule has 8 heteroatoms. The molecule has 0 aliphatic carbocycles. The number of aromatic hydroxyl groups is 1. The van der Waals surface area contributed by atoms with Gasteiger partial charge >= 0.3 is 0 Å². The highest BCUT2D eigenvalue weighted by Crippen LogP contribution is 2.43. The van der Waals surface area contributed by atoms with Crippen LogP contribution in [-0.2, 0) is 18.2 Å². The lowest BCUT2D eigenvalue weighted by molar-refractivity contribution is 0.146. The van der Waals surface area contributed by atoms with Crippen molar-refractivity contribution in [1.82, 2.24) is 14.1 Å². The fraction of sp³-hybridized carbons (Fsp3) is 0.261. The van der Waals surface area contributed by atoms with Gasteiger partial charge in [-0.1, -0.05) is 23.7 Å². The van der Waals surface area contributed by atoms with Crippen LogP contribution >= 0.6 is 23.8 Å². The summed E-state index contributed by atoms with van der Waals surface area (Å²) in [6, 6.07) is 13.6. The molecule has 0 radical (unpaired) electrons. The Morgan fingerprint density at radius 3 is 2.71 bits per heavy atom. The molecule has 0 fully saturated rings. The second-order valence-electron chi connectivity index (χ2n) is 7.68. The van der Waals surface area contributed by atoms with Gasteiger partial charge in [0, 0.05) is 42.2 Å². The van der Waals surface area contributed by atoms with E-state index in [1.165, 1.54) is 0 Å². The van der Waals surface area contributed by atoms with Crippen molar-refractivity contribution in [3.05, 3.63) is 74.8 Å². The minimum absolute atomic E-state index is 0.191. The summed E-state index contributed by atoms with van der Waals surface area (Å²) in [7, 11) is 3.44. The molecule has 0 saturated heterocycles. The van der Waals surface area contributed by atoms with Crippen LogP contribution in [0.2, 0.25) is 5.02 Å². The van der Waals surface area contributed by atoms with Gasteiger partial charge in [-0.2, -0.15) is 0 Å². The average Bonchev–Trinajstić information content (AvgIpc) is 3.23. The van der Waals surface area contributed by atoms with Gasteiger partial charge in [0.25, 0.3) is 0 Å². The third-order valence-electron chi connectivity index (χ3n) is 5.89. The monoisotopic (exact) mass is 455 g/mol. The van der Waals surface area contributed by atoms with Gasteiger partial charge in [0.1, 0.15) is 18.4 Å². The average molecular weight is 456 g/mol. The molecular weight excluding hydrogens is 434 g/mol. The number of halogens is 1. The molecule has 0 bridgehead atoms. The van der Waals surface area contributed by atoms with Crippen molar-refractivity contribution in [2.75, 3.05) is 20.3 Å². The fourth-order valence-corrected chi connectivity index (χ4v) is 4.84. The minimum atomic E-state index is -0.197. The summed E-state index contributed by atoms with van der Waals surface area (Å²) in [5, 5.41) is 12.5. The van der Waals surface area contributed by atoms with Crippen molar-refractivity contribution in [2.24, 2.45) is 7.05 Å². The van der Waals surface area contributed by atoms with E-state index in [1.54, 1.807) is 18.7 Å². The molecule has 1 aliphatic heterocycles. The number of nitrogens with one attached hydrogen (secondary N) is 1. The first kappa shape index (κ1) is 20.2. The minimum Gasteiger partial charge on any atom is -0.493 e. The van der Waals surface area contributed by atoms with Crippen LogP contribution in [0.25, 0.3) is 10.9 Å². The number of ether oxygens (including phenoxy) is 2. The fourth-order valence-electron chi connectivity index (χ4n) is 4.37. The van der Waals surface area contributed by atoms with Crippen LogP contribution in [0.5, 0.6) is 11.6 Å². The molecule has 4 aromatic rings. The summed E-state index contributed by atoms with van der Waals surface area (Å²) < 4.78 is 15.0. The van der Waals surface area contributed by atoms with Crippen LogP contribution in [0.4, 0.5) is 0 Å². The smallest absolute Gasteiger partial charge is 0.213 e. The number of hydrogen-bond donors (Lipinski definition) is 2. The van der Waals surface area contributed by atoms with E-state index in [4.69, 9.17) is 33.3 Å². The lowest BCUT2D eigenvalue weighted by Crippen LogP contribution is -2.21. The number of H-pyrrole nitrogens is 1. The molecule has 1 atom stereocenters. The first-order chi connectivity index (χ1) is 15.0. The van der Waals surface area contributed by atoms with Crippen molar-refractivity contribution in [3.63, 3.8) is 0 Å². The van der Waals surface area contributed by atoms with Crippen molar-refractivity contribution in [2.45, 2.75) is 12.5 Å². The van der Waals surface area contributed by atoms with Crippen LogP contribution in [0.15, 0.2) is 42.5 Å². The molecule has 3 heterocycles. The molecule has 1 aliphatic rings. The number of aromatic nitrogens is 3. The standard InChI is InChI=1S/C23H22ClN3O3S/c1-26-22(28)19-12-17-16-11-14(24)5-8-18(16)25-20(17)21(27(19)23(26)31)13-3-6-15(7-4-13)30-10-9-29-2/h3-8,11,21,25,28H,9-10,12H2,1-2H3. The van der Waals surface area contributed by atoms with Crippen LogP contribution in [-0.4, -0.2) is 39.5 Å². The van der Waals surface area contributed by atoms with Crippen LogP contribution in [0.3, 0.4) is 0 Å². The first-order valence-corrected chi connectivity index (χ1v) is 10.8. The summed E-state index contributed by atoms with van der Waals surface area (Å²) in [5.41, 5.74) is 5.03. The van der Waals surface area contributed by atoms with Gasteiger partial charge in [-0.25, -0.2) is 0 Å². The molecule has 0 saturated carbocycles. The predicted octanol–water partition coefficient (Wildman–Crippen LogP) is 4.96. The van der Waals surface area contributed by atoms with Gasteiger partial charge in [0.15, 0.2) is 4.77 Å². The topological polar surface area (TPSA) is 64.3 Å². The van der Waals surface area contributed by atoms with E-state index >= 15 is 0 Å². The molecular formula is C23H22ClN3O3S. The van der Waals surface area contributed by atoms with E-state index in [0.717, 1.165) is 39.2 Å². The molecule has 0 amide bonds. The lowest BCUT2D eigenvalue weighted by atomic mass is 9.93. The quantitative estimate of drug-likeness (QED) is 0.290. The molecule has 2 aromatic heterocycles. The van der Waals surface area contributed by atoms with E-state index in [9.17, 15) is 5.11 Å². The third-order valence-corrected chi connectivity index (χ3v) is 6.59. The summed E-state index contributed by atoms with van der Waals surface area (Å²) in [4.78, 5) is 3.58. The zero-order valence-corrected chi connectivity index (χ0v) is 18.8. The highest BCUT2D eigenvalue weighted by atomic mass is 35.5. The second kappa shape index (κ2) is 7.75. The summed E-state index contributed by atoms with van der Waals surface area (Å²) in [5.74, 6) is 0.969. The number of fused-ring (bicyclic) bond motifs is 4. The third kappa shape index (κ3) is 3.24. The Kier molecular flexibility index (Phi) is 5.04. The highest BCUT2D eigenvalue weighted by Gasteiger charge is 2.33. The van der Waals surface area contributed by atoms with Crippen molar-refractivity contribution < 1.29 is 14.6 Å². The lowest BCUT2D eigenvalue weighted by Gasteiger charge is -2.27. The zero-order valence-electron chi connectivity index (χ0n) is 17.2. The highest BCUT2D eigenvalue weighted by molar-refractivity contribution is 7.71. The number of nitrogens with zero attached hydrogens (tertiary/aromatic N) is 2. The van der Waals surface area contributed by atoms with E-state index in [-0.39, 0.29) is 11.9 Å². The summed E-state index contributed by atoms with van der Waals surface area (Å²) >= 11 is 12.0. The second-order valence-corrected chi connectivity index (χ2v) is 8.48. The number of imidazole rings is 1. The number of methoxy groups -OCH3 is 1. The largest absolute Gasteiger partial charge is 0.493 e. The normalized spacial score (nSPS) is 15.1. The van der Waals surface area contributed by atoms with Gasteiger partial charge < -0.3 is 24.1 Å². The Balaban J connectivity index is 1.67. The van der Waals surface area contributed by atoms with Crippen LogP contribution in [0.1, 0.15) is 28.6 Å². The van der Waals surface area contributed by atoms with Crippen molar-refractivity contribution in [3.8, 4) is 11.6 Å². The van der Waals surface area contributed by atoms with Gasteiger partial charge in [-0.3, -0.25) is 4.57 Å². The Hall–Kier alpha value is -2.74. The van der Waals surface area contributed by atoms with E-state index < -0.39 is 0 Å². The molecule has 160 valence electrons. The Bertz CT molecular complexity index is 1340. The zero-order chi connectivity index (χ0) is 21.7. The maximum Gasteiger partial charge on any atom is 0.213 e. The van der Waals surface area contributed by atoms with E-state index in [1.807, 2.05) is 47.0 Å². The maximum atomic E-state index is 10.8. The van der Waals surface area contributed by atoms with Crippen molar-refractivity contribution >= 4 is 34.7 Å². The van der Waals surface area contributed by atoms with Crippen molar-refractivity contribution in [1.29, 1.82) is 0 Å². The SMILES string of the molecule is COCCOc1ccc(C2c3[nH]c4ccc(Cl)cc4c3Cc3c(O)n(C)c(=S)n32)cc1. The number of hydrogen-bond acceptors (Lipinski definition) is 4. The molecule has 5 rings (SSSR count). The number of aromatic amines is 1. The number of rotatable bonds is 5. The predicted molar refractivity (Wildman–Crippen MR) is 123 cm³/mol. The van der Waals surface area contributed by atoms with E-state index in [0.29, 0.717) is 29.4 Å². The van der Waals surface area contributed by atoms with E-state index in [2.05, 4.69) is 4.98 Å². The van der Waals surface area contributed by atoms with Gasteiger partial charge in [0.05, 0.1) is 12.3 Å². The summed E-state index contributed by atoms with van der Waals surface area (Å²) in [6.45, 7) is 1.03. The van der Waals surface area contributed by atoms with Gasteiger partial charge in [-0.15, -0.1) is 0 Å². The van der Waals surface area contributed by atoms with Crippen LogP contribution in [0, 0.1) is 4.77 Å². The molecule has 31 heavy (non-hydrogen) atoms. The first-order valence-electron chi connectivity index (χ1n) is 10.0. The molecule has 2 N–H and O–H groups in total. The number of benzene rings is 2. The molecule has 6 nitrogen and oxygen atoms in total. The summed E-state index contributed by atoms with van der Waals surface area (Å²) in [6.07, 6.45) is 0.570. The van der Waals surface area contributed by atoms with Gasteiger partial charge in [-0.05, 0) is 53.7 Å². The Morgan fingerprint density at radius 1 is 1.19 bits per heavy atom.